The van der Waals surface area contributed by atoms with Gasteiger partial charge in [0, 0.05) is 13.1 Å². The Morgan fingerprint density at radius 2 is 2.19 bits per heavy atom. The van der Waals surface area contributed by atoms with E-state index in [-0.39, 0.29) is 17.2 Å². The summed E-state index contributed by atoms with van der Waals surface area (Å²) in [6, 6.07) is 1.46. The normalized spacial score (nSPS) is 10.1. The highest BCUT2D eigenvalue weighted by Crippen LogP contribution is 2.09. The molecule has 7 nitrogen and oxygen atoms in total. The van der Waals surface area contributed by atoms with Crippen molar-refractivity contribution >= 4 is 5.78 Å². The van der Waals surface area contributed by atoms with Crippen LogP contribution in [0, 0.1) is 0 Å². The Hall–Kier alpha value is -2.31. The van der Waals surface area contributed by atoms with Crippen LogP contribution < -0.4 is 4.74 Å². The van der Waals surface area contributed by atoms with Crippen LogP contribution >= 0.6 is 0 Å². The Morgan fingerprint density at radius 3 is 2.81 bits per heavy atom. The predicted octanol–water partition coefficient (Wildman–Crippen LogP) is -0.155. The molecule has 0 bridgehead atoms. The van der Waals surface area contributed by atoms with Crippen molar-refractivity contribution in [3.8, 4) is 5.88 Å². The lowest BCUT2D eigenvalue weighted by Crippen LogP contribution is -2.05. The van der Waals surface area contributed by atoms with Crippen LogP contribution in [0.2, 0.25) is 0 Å². The summed E-state index contributed by atoms with van der Waals surface area (Å²) in [5, 5.41) is 7.39. The molecule has 82 valence electrons. The average molecular weight is 219 g/mol. The van der Waals surface area contributed by atoms with Crippen molar-refractivity contribution in [1.29, 1.82) is 0 Å². The number of hydrogen-bond donors (Lipinski definition) is 0. The van der Waals surface area contributed by atoms with Crippen LogP contribution in [0.1, 0.15) is 16.2 Å². The zero-order valence-corrected chi connectivity index (χ0v) is 8.78. The summed E-state index contributed by atoms with van der Waals surface area (Å²) in [6.45, 7) is 0. The average Bonchev–Trinajstić information content (AvgIpc) is 2.75. The lowest BCUT2D eigenvalue weighted by molar-refractivity contribution is 0.102. The molecule has 0 saturated carbocycles. The first kappa shape index (κ1) is 10.2. The van der Waals surface area contributed by atoms with Crippen molar-refractivity contribution in [1.82, 2.24) is 25.0 Å². The maximum absolute atomic E-state index is 11.9. The number of methoxy groups -OCH3 is 1. The van der Waals surface area contributed by atoms with E-state index in [1.165, 1.54) is 30.4 Å². The Morgan fingerprint density at radius 1 is 1.38 bits per heavy atom. The molecule has 2 aromatic heterocycles. The maximum atomic E-state index is 11.9. The van der Waals surface area contributed by atoms with Gasteiger partial charge in [-0.3, -0.25) is 9.48 Å². The summed E-state index contributed by atoms with van der Waals surface area (Å²) in [4.78, 5) is 19.5. The molecule has 0 fully saturated rings. The van der Waals surface area contributed by atoms with E-state index in [1.54, 1.807) is 7.05 Å². The molecule has 7 heteroatoms. The van der Waals surface area contributed by atoms with Gasteiger partial charge >= 0.3 is 0 Å². The molecule has 0 N–H and O–H groups in total. The number of nitrogens with zero attached hydrogens (tertiary/aromatic N) is 5. The molecule has 0 amide bonds. The molecule has 0 atom stereocenters. The number of ketones is 1. The van der Waals surface area contributed by atoms with E-state index in [2.05, 4.69) is 20.3 Å². The zero-order valence-electron chi connectivity index (χ0n) is 8.78. The Kier molecular flexibility index (Phi) is 2.59. The fourth-order valence-corrected chi connectivity index (χ4v) is 1.16. The van der Waals surface area contributed by atoms with Gasteiger partial charge in [0.2, 0.25) is 11.7 Å². The van der Waals surface area contributed by atoms with Crippen molar-refractivity contribution < 1.29 is 9.53 Å². The summed E-state index contributed by atoms with van der Waals surface area (Å²) in [7, 11) is 3.16. The van der Waals surface area contributed by atoms with Gasteiger partial charge in [-0.25, -0.2) is 9.97 Å². The summed E-state index contributed by atoms with van der Waals surface area (Å²) in [5.74, 6) is 0.0241. The lowest BCUT2D eigenvalue weighted by atomic mass is 10.2. The molecule has 0 aliphatic rings. The van der Waals surface area contributed by atoms with Gasteiger partial charge in [0.25, 0.3) is 0 Å². The maximum Gasteiger partial charge on any atom is 0.233 e. The SMILES string of the molecule is COc1cc(C(=O)c2cn(C)nn2)ncn1. The molecular weight excluding hydrogens is 210 g/mol. The first-order valence-corrected chi connectivity index (χ1v) is 4.48. The largest absolute Gasteiger partial charge is 0.481 e. The van der Waals surface area contributed by atoms with E-state index in [1.807, 2.05) is 0 Å². The van der Waals surface area contributed by atoms with Crippen molar-refractivity contribution in [2.24, 2.45) is 7.05 Å². The summed E-state index contributed by atoms with van der Waals surface area (Å²) < 4.78 is 6.35. The molecule has 0 radical (unpaired) electrons. The monoisotopic (exact) mass is 219 g/mol. The molecule has 0 unspecified atom stereocenters. The van der Waals surface area contributed by atoms with Gasteiger partial charge in [0.15, 0.2) is 5.69 Å². The van der Waals surface area contributed by atoms with Gasteiger partial charge in [-0.1, -0.05) is 5.21 Å². The molecule has 0 aromatic carbocycles. The quantitative estimate of drug-likeness (QED) is 0.667. The van der Waals surface area contributed by atoms with Crippen LogP contribution in [-0.2, 0) is 7.05 Å². The molecule has 0 saturated heterocycles. The van der Waals surface area contributed by atoms with E-state index in [0.717, 1.165) is 0 Å². The van der Waals surface area contributed by atoms with Gasteiger partial charge in [-0.15, -0.1) is 5.10 Å². The van der Waals surface area contributed by atoms with E-state index >= 15 is 0 Å². The van der Waals surface area contributed by atoms with Crippen molar-refractivity contribution in [3.63, 3.8) is 0 Å². The van der Waals surface area contributed by atoms with Gasteiger partial charge in [-0.2, -0.15) is 0 Å². The number of rotatable bonds is 3. The van der Waals surface area contributed by atoms with E-state index in [4.69, 9.17) is 4.74 Å². The second-order valence-corrected chi connectivity index (χ2v) is 3.05. The molecule has 0 spiro atoms. The number of carbonyl (C=O) groups excluding carboxylic acids is 1. The first-order chi connectivity index (χ1) is 7.70. The minimum absolute atomic E-state index is 0.229. The van der Waals surface area contributed by atoms with E-state index in [9.17, 15) is 4.79 Å². The molecule has 16 heavy (non-hydrogen) atoms. The van der Waals surface area contributed by atoms with Gasteiger partial charge < -0.3 is 4.74 Å². The number of ether oxygens (including phenoxy) is 1. The van der Waals surface area contributed by atoms with Crippen LogP contribution in [0.25, 0.3) is 0 Å². The first-order valence-electron chi connectivity index (χ1n) is 4.48. The fourth-order valence-electron chi connectivity index (χ4n) is 1.16. The molecule has 0 aliphatic heterocycles. The second-order valence-electron chi connectivity index (χ2n) is 3.05. The van der Waals surface area contributed by atoms with Crippen LogP contribution in [0.5, 0.6) is 5.88 Å². The molecule has 2 rings (SSSR count). The molecular formula is C9H9N5O2. The van der Waals surface area contributed by atoms with E-state index < -0.39 is 0 Å². The third kappa shape index (κ3) is 1.88. The van der Waals surface area contributed by atoms with Crippen LogP contribution in [0.4, 0.5) is 0 Å². The number of aromatic nitrogens is 5. The number of aryl methyl sites for hydroxylation is 1. The van der Waals surface area contributed by atoms with Gasteiger partial charge in [-0.05, 0) is 0 Å². The standard InChI is InChI=1S/C9H9N5O2/c1-14-4-7(12-13-14)9(15)6-3-8(16-2)11-5-10-6/h3-5H,1-2H3. The summed E-state index contributed by atoms with van der Waals surface area (Å²) >= 11 is 0. The summed E-state index contributed by atoms with van der Waals surface area (Å²) in [5.41, 5.74) is 0.468. The smallest absolute Gasteiger partial charge is 0.233 e. The highest BCUT2D eigenvalue weighted by molar-refractivity contribution is 6.06. The zero-order chi connectivity index (χ0) is 11.5. The lowest BCUT2D eigenvalue weighted by Gasteiger charge is -1.99. The molecule has 2 aromatic rings. The molecule has 2 heterocycles. The van der Waals surface area contributed by atoms with Crippen LogP contribution in [0.3, 0.4) is 0 Å². The Labute approximate surface area is 91.1 Å². The van der Waals surface area contributed by atoms with Gasteiger partial charge in [0.1, 0.15) is 12.0 Å². The number of hydrogen-bond acceptors (Lipinski definition) is 6. The van der Waals surface area contributed by atoms with E-state index in [0.29, 0.717) is 5.88 Å². The Bertz CT molecular complexity index is 522. The highest BCUT2D eigenvalue weighted by Gasteiger charge is 2.15. The van der Waals surface area contributed by atoms with Crippen molar-refractivity contribution in [2.75, 3.05) is 7.11 Å². The molecule has 0 aliphatic carbocycles. The number of carbonyl (C=O) groups is 1. The fraction of sp³-hybridized carbons (Fsp3) is 0.222. The highest BCUT2D eigenvalue weighted by atomic mass is 16.5. The van der Waals surface area contributed by atoms with Gasteiger partial charge in [0.05, 0.1) is 13.3 Å². The summed E-state index contributed by atoms with van der Waals surface area (Å²) in [6.07, 6.45) is 2.79. The Balaban J connectivity index is 2.33. The topological polar surface area (TPSA) is 82.8 Å². The van der Waals surface area contributed by atoms with Crippen LogP contribution in [0.15, 0.2) is 18.6 Å². The van der Waals surface area contributed by atoms with Crippen molar-refractivity contribution in [2.45, 2.75) is 0 Å². The van der Waals surface area contributed by atoms with Crippen molar-refractivity contribution in [3.05, 3.63) is 30.0 Å². The third-order valence-electron chi connectivity index (χ3n) is 1.92. The minimum Gasteiger partial charge on any atom is -0.481 e. The van der Waals surface area contributed by atoms with Crippen LogP contribution in [-0.4, -0.2) is 37.9 Å². The predicted molar refractivity (Wildman–Crippen MR) is 53.0 cm³/mol. The second kappa shape index (κ2) is 4.05. The minimum atomic E-state index is -0.311. The third-order valence-corrected chi connectivity index (χ3v) is 1.92.